The van der Waals surface area contributed by atoms with E-state index in [1.807, 2.05) is 79.0 Å². The monoisotopic (exact) mass is 685 g/mol. The van der Waals surface area contributed by atoms with Crippen LogP contribution in [0, 0.1) is 5.82 Å². The number of carbonyl (C=O) groups excluding carboxylic acids is 2. The molecule has 0 radical (unpaired) electrons. The minimum Gasteiger partial charge on any atom is -0.463 e. The van der Waals surface area contributed by atoms with E-state index in [-0.39, 0.29) is 23.7 Å². The number of halogens is 1. The fourth-order valence-electron chi connectivity index (χ4n) is 6.22. The molecule has 1 aliphatic rings. The topological polar surface area (TPSA) is 91.9 Å². The number of carbonyl (C=O) groups is 2. The van der Waals surface area contributed by atoms with Gasteiger partial charge in [-0.25, -0.2) is 19.0 Å². The highest BCUT2D eigenvalue weighted by molar-refractivity contribution is 7.07. The number of fused-ring (bicyclic) bond motifs is 2. The Hall–Kier alpha value is -5.87. The van der Waals surface area contributed by atoms with Gasteiger partial charge < -0.3 is 14.0 Å². The van der Waals surface area contributed by atoms with Gasteiger partial charge in [-0.2, -0.15) is 0 Å². The molecule has 0 spiro atoms. The molecule has 1 atom stereocenters. The van der Waals surface area contributed by atoms with Gasteiger partial charge in [0.05, 0.1) is 40.6 Å². The van der Waals surface area contributed by atoms with Gasteiger partial charge >= 0.3 is 11.9 Å². The lowest BCUT2D eigenvalue weighted by Gasteiger charge is -2.25. The molecular weight excluding hydrogens is 654 g/mol. The van der Waals surface area contributed by atoms with Crippen LogP contribution in [-0.4, -0.2) is 34.3 Å². The normalized spacial score (nSPS) is 14.4. The Morgan fingerprint density at radius 3 is 2.26 bits per heavy atom. The van der Waals surface area contributed by atoms with Crippen molar-refractivity contribution >= 4 is 46.0 Å². The number of rotatable bonds is 9. The van der Waals surface area contributed by atoms with Gasteiger partial charge in [-0.3, -0.25) is 9.36 Å². The fourth-order valence-corrected chi connectivity index (χ4v) is 7.21. The molecule has 0 saturated heterocycles. The van der Waals surface area contributed by atoms with E-state index >= 15 is 0 Å². The van der Waals surface area contributed by atoms with E-state index in [1.165, 1.54) is 28.0 Å². The first-order chi connectivity index (χ1) is 24.4. The molecule has 7 rings (SSSR count). The third-order valence-corrected chi connectivity index (χ3v) is 9.47. The first-order valence-electron chi connectivity index (χ1n) is 16.2. The standard InChI is InChI=1S/C40H32FN3O5S/c1-3-48-38(46)28-16-14-25(15-17-28)23-43-24-29(31-12-8-9-13-32(31)43)22-33-37(45)44-36(27-18-20-30(41)21-19-27)34(39(47)49-4-2)35(42-40(44)50-33)26-10-6-5-7-11-26/h5-22,24,36H,3-4,23H2,1-2H3/b33-22-/t36-/m1/s1. The molecule has 0 saturated carbocycles. The van der Waals surface area contributed by atoms with Gasteiger partial charge in [0.1, 0.15) is 5.82 Å². The Balaban J connectivity index is 1.37. The van der Waals surface area contributed by atoms with Crippen LogP contribution in [0.4, 0.5) is 4.39 Å². The zero-order valence-corrected chi connectivity index (χ0v) is 28.2. The van der Waals surface area contributed by atoms with Crippen molar-refractivity contribution in [2.75, 3.05) is 13.2 Å². The van der Waals surface area contributed by atoms with Crippen LogP contribution in [-0.2, 0) is 20.8 Å². The molecule has 8 nitrogen and oxygen atoms in total. The molecule has 6 aromatic rings. The van der Waals surface area contributed by atoms with Crippen molar-refractivity contribution in [1.82, 2.24) is 9.13 Å². The van der Waals surface area contributed by atoms with E-state index < -0.39 is 17.8 Å². The summed E-state index contributed by atoms with van der Waals surface area (Å²) in [7, 11) is 0. The van der Waals surface area contributed by atoms with Gasteiger partial charge in [0, 0.05) is 34.8 Å². The smallest absolute Gasteiger partial charge is 0.338 e. The number of ether oxygens (including phenoxy) is 2. The van der Waals surface area contributed by atoms with Gasteiger partial charge in [0.15, 0.2) is 4.80 Å². The van der Waals surface area contributed by atoms with Crippen LogP contribution in [0.1, 0.15) is 52.5 Å². The Morgan fingerprint density at radius 1 is 0.860 bits per heavy atom. The summed E-state index contributed by atoms with van der Waals surface area (Å²) in [4.78, 5) is 45.5. The van der Waals surface area contributed by atoms with Crippen molar-refractivity contribution in [3.05, 3.63) is 168 Å². The summed E-state index contributed by atoms with van der Waals surface area (Å²) in [6.45, 7) is 4.47. The van der Waals surface area contributed by atoms with E-state index in [1.54, 1.807) is 38.1 Å². The maximum Gasteiger partial charge on any atom is 0.338 e. The molecule has 0 unspecified atom stereocenters. The fraction of sp³-hybridized carbons (Fsp3) is 0.150. The second-order valence-corrected chi connectivity index (χ2v) is 12.6. The van der Waals surface area contributed by atoms with Gasteiger partial charge in [-0.15, -0.1) is 0 Å². The lowest BCUT2D eigenvalue weighted by Crippen LogP contribution is -2.40. The minimum absolute atomic E-state index is 0.130. The summed E-state index contributed by atoms with van der Waals surface area (Å²) in [5.74, 6) is -1.39. The molecule has 0 amide bonds. The van der Waals surface area contributed by atoms with Crippen LogP contribution in [0.15, 0.2) is 125 Å². The highest BCUT2D eigenvalue weighted by Gasteiger charge is 2.35. The van der Waals surface area contributed by atoms with Gasteiger partial charge in [-0.1, -0.05) is 84.1 Å². The number of benzene rings is 4. The molecule has 1 aliphatic heterocycles. The molecule has 50 heavy (non-hydrogen) atoms. The Kier molecular flexibility index (Phi) is 9.10. The van der Waals surface area contributed by atoms with E-state index in [0.29, 0.717) is 44.9 Å². The number of hydrogen-bond acceptors (Lipinski definition) is 7. The second kappa shape index (κ2) is 13.9. The van der Waals surface area contributed by atoms with Crippen molar-refractivity contribution in [2.24, 2.45) is 4.99 Å². The van der Waals surface area contributed by atoms with Crippen molar-refractivity contribution in [3.63, 3.8) is 0 Å². The van der Waals surface area contributed by atoms with Crippen molar-refractivity contribution < 1.29 is 23.5 Å². The lowest BCUT2D eigenvalue weighted by atomic mass is 9.93. The highest BCUT2D eigenvalue weighted by Crippen LogP contribution is 2.35. The number of para-hydroxylation sites is 1. The highest BCUT2D eigenvalue weighted by atomic mass is 32.1. The largest absolute Gasteiger partial charge is 0.463 e. The van der Waals surface area contributed by atoms with E-state index in [9.17, 15) is 18.8 Å². The summed E-state index contributed by atoms with van der Waals surface area (Å²) >= 11 is 1.23. The molecular formula is C40H32FN3O5S. The summed E-state index contributed by atoms with van der Waals surface area (Å²) < 4.78 is 28.8. The Bertz CT molecular complexity index is 2440. The summed E-state index contributed by atoms with van der Waals surface area (Å²) in [6.07, 6.45) is 3.85. The van der Waals surface area contributed by atoms with Crippen molar-refractivity contribution in [1.29, 1.82) is 0 Å². The van der Waals surface area contributed by atoms with Crippen LogP contribution < -0.4 is 14.9 Å². The van der Waals surface area contributed by atoms with E-state index in [4.69, 9.17) is 14.5 Å². The third kappa shape index (κ3) is 6.21. The molecule has 10 heteroatoms. The molecule has 0 bridgehead atoms. The van der Waals surface area contributed by atoms with Gasteiger partial charge in [-0.05, 0) is 61.4 Å². The van der Waals surface area contributed by atoms with Crippen LogP contribution in [0.3, 0.4) is 0 Å². The first kappa shape index (κ1) is 32.7. The van der Waals surface area contributed by atoms with Gasteiger partial charge in [0.25, 0.3) is 5.56 Å². The molecule has 3 heterocycles. The molecule has 0 N–H and O–H groups in total. The third-order valence-electron chi connectivity index (χ3n) is 8.48. The van der Waals surface area contributed by atoms with Gasteiger partial charge in [0.2, 0.25) is 0 Å². The number of nitrogens with zero attached hydrogens (tertiary/aromatic N) is 3. The van der Waals surface area contributed by atoms with E-state index in [0.717, 1.165) is 22.0 Å². The summed E-state index contributed by atoms with van der Waals surface area (Å²) in [5.41, 5.74) is 4.80. The predicted octanol–water partition coefficient (Wildman–Crippen LogP) is 6.25. The predicted molar refractivity (Wildman–Crippen MR) is 191 cm³/mol. The molecule has 250 valence electrons. The van der Waals surface area contributed by atoms with Crippen LogP contribution in [0.25, 0.3) is 22.7 Å². The average molecular weight is 686 g/mol. The zero-order valence-electron chi connectivity index (χ0n) is 27.3. The Morgan fingerprint density at radius 2 is 1.54 bits per heavy atom. The number of aromatic nitrogens is 2. The lowest BCUT2D eigenvalue weighted by molar-refractivity contribution is -0.138. The Labute approximate surface area is 290 Å². The maximum absolute atomic E-state index is 14.4. The number of thiazole rings is 1. The zero-order chi connectivity index (χ0) is 34.8. The summed E-state index contributed by atoms with van der Waals surface area (Å²) in [5, 5.41) is 0.953. The summed E-state index contributed by atoms with van der Waals surface area (Å²) in [6, 6.07) is 29.4. The molecule has 4 aromatic carbocycles. The molecule has 0 fully saturated rings. The second-order valence-electron chi connectivity index (χ2n) is 11.6. The SMILES string of the molecule is CCOC(=O)C1=C(c2ccccc2)N=c2s/c(=C\c3cn(Cc4ccc(C(=O)OCC)cc4)c4ccccc34)c(=O)n2[C@@H]1c1ccc(F)cc1. The average Bonchev–Trinajstić information content (AvgIpc) is 3.64. The van der Waals surface area contributed by atoms with Crippen LogP contribution >= 0.6 is 11.3 Å². The molecule has 0 aliphatic carbocycles. The van der Waals surface area contributed by atoms with Crippen LogP contribution in [0.2, 0.25) is 0 Å². The molecule has 2 aromatic heterocycles. The van der Waals surface area contributed by atoms with E-state index in [2.05, 4.69) is 4.57 Å². The van der Waals surface area contributed by atoms with Crippen molar-refractivity contribution in [3.8, 4) is 0 Å². The quantitative estimate of drug-likeness (QED) is 0.168. The van der Waals surface area contributed by atoms with Crippen molar-refractivity contribution in [2.45, 2.75) is 26.4 Å². The number of hydrogen-bond donors (Lipinski definition) is 0. The first-order valence-corrected chi connectivity index (χ1v) is 17.1. The van der Waals surface area contributed by atoms with Crippen LogP contribution in [0.5, 0.6) is 0 Å². The maximum atomic E-state index is 14.4. The minimum atomic E-state index is -0.901. The number of esters is 2.